The molecule has 0 N–H and O–H groups in total. The molecule has 0 aromatic heterocycles. The van der Waals surface area contributed by atoms with Crippen LogP contribution in [0.2, 0.25) is 0 Å². The Morgan fingerprint density at radius 1 is 0.267 bits per heavy atom. The smallest absolute Gasteiger partial charge is 0.0726 e. The molecule has 0 radical (unpaired) electrons. The van der Waals surface area contributed by atoms with Crippen LogP contribution in [0.15, 0.2) is 249 Å². The molecular weight excluding hydrogens is 903 g/mol. The van der Waals surface area contributed by atoms with Crippen LogP contribution in [0.5, 0.6) is 0 Å². The number of hydrogen-bond acceptors (Lipinski definition) is 1. The van der Waals surface area contributed by atoms with E-state index in [-0.39, 0.29) is 5.41 Å². The monoisotopic (exact) mass is 951 g/mol. The lowest BCUT2D eigenvalue weighted by Crippen LogP contribution is -2.27. The SMILES string of the molecule is c1ccc2c(c1)-c1cccc(N(c3ccc4c5ccccc5c5ccccc5c4c3)c3cc4c(cc3-c3cc5ccccc5c5ccccc35)-c3ccccc3C43c4ccccc4-c4ccccc43)c1C21CCCC1. The number of hydrogen-bond donors (Lipinski definition) is 0. The third-order valence-corrected chi connectivity index (χ3v) is 18.4. The average molecular weight is 952 g/mol. The van der Waals surface area contributed by atoms with Crippen LogP contribution in [0, 0.1) is 0 Å². The predicted octanol–water partition coefficient (Wildman–Crippen LogP) is 19.8. The van der Waals surface area contributed by atoms with Gasteiger partial charge in [0.15, 0.2) is 0 Å². The summed E-state index contributed by atoms with van der Waals surface area (Å²) in [4.78, 5) is 2.73. The molecule has 2 spiro atoms. The summed E-state index contributed by atoms with van der Waals surface area (Å²) >= 11 is 0. The Hall–Kier alpha value is -9.04. The summed E-state index contributed by atoms with van der Waals surface area (Å²) in [5.74, 6) is 0. The van der Waals surface area contributed by atoms with Crippen molar-refractivity contribution in [2.45, 2.75) is 36.5 Å². The molecule has 0 bridgehead atoms. The Morgan fingerprint density at radius 3 is 1.36 bits per heavy atom. The zero-order valence-corrected chi connectivity index (χ0v) is 41.4. The number of nitrogens with zero attached hydrogens (tertiary/aromatic N) is 1. The van der Waals surface area contributed by atoms with Crippen LogP contribution in [-0.2, 0) is 10.8 Å². The minimum Gasteiger partial charge on any atom is -0.310 e. The second-order valence-corrected chi connectivity index (χ2v) is 21.7. The first-order valence-corrected chi connectivity index (χ1v) is 27.0. The van der Waals surface area contributed by atoms with Gasteiger partial charge in [-0.1, -0.05) is 225 Å². The van der Waals surface area contributed by atoms with E-state index in [0.29, 0.717) is 0 Å². The van der Waals surface area contributed by atoms with Crippen LogP contribution in [0.3, 0.4) is 0 Å². The van der Waals surface area contributed by atoms with Gasteiger partial charge in [0.25, 0.3) is 0 Å². The lowest BCUT2D eigenvalue weighted by molar-refractivity contribution is 0.550. The van der Waals surface area contributed by atoms with E-state index in [0.717, 1.165) is 18.5 Å². The van der Waals surface area contributed by atoms with Gasteiger partial charge in [0.1, 0.15) is 0 Å². The van der Waals surface area contributed by atoms with Crippen molar-refractivity contribution in [2.24, 2.45) is 0 Å². The van der Waals surface area contributed by atoms with Gasteiger partial charge in [-0.2, -0.15) is 0 Å². The Bertz CT molecular complexity index is 4540. The Balaban J connectivity index is 1.07. The van der Waals surface area contributed by atoms with Gasteiger partial charge in [-0.25, -0.2) is 0 Å². The first-order valence-electron chi connectivity index (χ1n) is 27.0. The van der Waals surface area contributed by atoms with E-state index in [1.807, 2.05) is 0 Å². The van der Waals surface area contributed by atoms with Crippen molar-refractivity contribution in [3.05, 3.63) is 282 Å². The van der Waals surface area contributed by atoms with Crippen molar-refractivity contribution < 1.29 is 0 Å². The van der Waals surface area contributed by atoms with Gasteiger partial charge < -0.3 is 4.90 Å². The van der Waals surface area contributed by atoms with E-state index >= 15 is 0 Å². The molecule has 1 nitrogen and oxygen atoms in total. The summed E-state index contributed by atoms with van der Waals surface area (Å²) in [6.07, 6.45) is 4.69. The molecule has 13 aromatic rings. The van der Waals surface area contributed by atoms with Gasteiger partial charge in [-0.05, 0) is 175 Å². The van der Waals surface area contributed by atoms with Crippen molar-refractivity contribution in [3.63, 3.8) is 0 Å². The van der Waals surface area contributed by atoms with Crippen LogP contribution in [-0.4, -0.2) is 0 Å². The quantitative estimate of drug-likeness (QED) is 0.159. The summed E-state index contributed by atoms with van der Waals surface area (Å²) in [7, 11) is 0. The Morgan fingerprint density at radius 2 is 0.733 bits per heavy atom. The molecule has 4 aliphatic rings. The van der Waals surface area contributed by atoms with E-state index in [2.05, 4.69) is 254 Å². The van der Waals surface area contributed by atoms with E-state index in [1.165, 1.54) is 156 Å². The maximum Gasteiger partial charge on any atom is 0.0726 e. The molecule has 1 fully saturated rings. The van der Waals surface area contributed by atoms with Crippen molar-refractivity contribution in [2.75, 3.05) is 4.90 Å². The molecule has 75 heavy (non-hydrogen) atoms. The largest absolute Gasteiger partial charge is 0.310 e. The molecule has 0 amide bonds. The highest BCUT2D eigenvalue weighted by molar-refractivity contribution is 6.26. The fourth-order valence-electron chi connectivity index (χ4n) is 15.5. The number of rotatable bonds is 4. The van der Waals surface area contributed by atoms with Gasteiger partial charge >= 0.3 is 0 Å². The molecule has 13 aromatic carbocycles. The first kappa shape index (κ1) is 41.4. The summed E-state index contributed by atoms with van der Waals surface area (Å²) in [6.45, 7) is 0. The van der Waals surface area contributed by atoms with Crippen molar-refractivity contribution in [1.82, 2.24) is 0 Å². The van der Waals surface area contributed by atoms with Gasteiger partial charge in [0.05, 0.1) is 16.8 Å². The summed E-state index contributed by atoms with van der Waals surface area (Å²) in [5, 5.41) is 12.7. The zero-order chi connectivity index (χ0) is 49.0. The van der Waals surface area contributed by atoms with E-state index < -0.39 is 5.41 Å². The highest BCUT2D eigenvalue weighted by Crippen LogP contribution is 2.66. The van der Waals surface area contributed by atoms with E-state index in [4.69, 9.17) is 0 Å². The average Bonchev–Trinajstić information content (AvgIpc) is 4.26. The van der Waals surface area contributed by atoms with Gasteiger partial charge in [0, 0.05) is 16.7 Å². The molecule has 1 heteroatoms. The topological polar surface area (TPSA) is 3.24 Å². The van der Waals surface area contributed by atoms with E-state index in [9.17, 15) is 0 Å². The molecular formula is C74H49N. The zero-order valence-electron chi connectivity index (χ0n) is 41.4. The lowest BCUT2D eigenvalue weighted by Gasteiger charge is -2.36. The maximum atomic E-state index is 2.73. The summed E-state index contributed by atoms with van der Waals surface area (Å²) < 4.78 is 0. The van der Waals surface area contributed by atoms with Crippen LogP contribution >= 0.6 is 0 Å². The minimum absolute atomic E-state index is 0.103. The van der Waals surface area contributed by atoms with Crippen LogP contribution < -0.4 is 4.90 Å². The normalized spacial score (nSPS) is 14.9. The van der Waals surface area contributed by atoms with Crippen molar-refractivity contribution in [1.29, 1.82) is 0 Å². The predicted molar refractivity (Wildman–Crippen MR) is 315 cm³/mol. The third-order valence-electron chi connectivity index (χ3n) is 18.4. The van der Waals surface area contributed by atoms with Crippen LogP contribution in [0.1, 0.15) is 59.1 Å². The standard InChI is InChI=1S/C74H49N/c1-2-21-48-46(20-1)42-61(53-26-7-3-22-49(48)53)64-44-63-59-31-12-16-36-68(59)74(66-34-14-10-28-56(66)57-29-11-15-35-67(57)74)69(63)45-71(64)75(70-37-19-32-60-58-30-9-13-33-65(58)73(72(60)70)40-17-18-41-73)47-38-39-55-52-25-5-4-23-50(52)51-24-6-8-27-54(51)62(55)43-47/h1-16,19-39,42-45H,17-18,40-41H2. The third kappa shape index (κ3) is 5.37. The number of benzene rings is 13. The fraction of sp³-hybridized carbons (Fsp3) is 0.0811. The lowest BCUT2D eigenvalue weighted by atomic mass is 9.70. The van der Waals surface area contributed by atoms with E-state index in [1.54, 1.807) is 0 Å². The Kier molecular flexibility index (Phi) is 8.43. The Labute approximate surface area is 436 Å². The molecule has 17 rings (SSSR count). The second-order valence-electron chi connectivity index (χ2n) is 21.7. The molecule has 4 aliphatic carbocycles. The van der Waals surface area contributed by atoms with Crippen molar-refractivity contribution >= 4 is 70.9 Å². The second kappa shape index (κ2) is 15.3. The van der Waals surface area contributed by atoms with Crippen LogP contribution in [0.25, 0.3) is 98.4 Å². The summed E-state index contributed by atoms with van der Waals surface area (Å²) in [6, 6.07) is 95.6. The first-order chi connectivity index (χ1) is 37.2. The van der Waals surface area contributed by atoms with Gasteiger partial charge in [0.2, 0.25) is 0 Å². The molecule has 0 heterocycles. The van der Waals surface area contributed by atoms with Gasteiger partial charge in [-0.3, -0.25) is 0 Å². The number of fused-ring (bicyclic) bond motifs is 24. The fourth-order valence-corrected chi connectivity index (χ4v) is 15.5. The molecule has 0 unspecified atom stereocenters. The molecule has 0 atom stereocenters. The van der Waals surface area contributed by atoms with Gasteiger partial charge in [-0.15, -0.1) is 0 Å². The summed E-state index contributed by atoms with van der Waals surface area (Å²) in [5.41, 5.74) is 21.7. The molecule has 0 saturated heterocycles. The molecule has 350 valence electrons. The van der Waals surface area contributed by atoms with Crippen LogP contribution in [0.4, 0.5) is 17.1 Å². The highest BCUT2D eigenvalue weighted by atomic mass is 15.2. The van der Waals surface area contributed by atoms with Crippen molar-refractivity contribution in [3.8, 4) is 44.5 Å². The molecule has 1 saturated carbocycles. The highest BCUT2D eigenvalue weighted by Gasteiger charge is 2.53. The molecule has 0 aliphatic heterocycles. The maximum absolute atomic E-state index is 2.73. The number of anilines is 3. The minimum atomic E-state index is -0.538.